The second-order valence-electron chi connectivity index (χ2n) is 8.02. The van der Waals surface area contributed by atoms with Crippen LogP contribution in [0, 0.1) is 0 Å². The van der Waals surface area contributed by atoms with Crippen molar-refractivity contribution in [3.8, 4) is 17.1 Å². The van der Waals surface area contributed by atoms with Crippen LogP contribution in [0.5, 0.6) is 0 Å². The van der Waals surface area contributed by atoms with Crippen molar-refractivity contribution in [1.82, 2.24) is 44.9 Å². The predicted octanol–water partition coefficient (Wildman–Crippen LogP) is 4.71. The van der Waals surface area contributed by atoms with E-state index in [-0.39, 0.29) is 0 Å². The molecule has 0 aliphatic carbocycles. The van der Waals surface area contributed by atoms with Gasteiger partial charge in [-0.25, -0.2) is 14.6 Å². The molecule has 6 rings (SSSR count). The van der Waals surface area contributed by atoms with E-state index >= 15 is 0 Å². The minimum atomic E-state index is 0.519. The van der Waals surface area contributed by atoms with Gasteiger partial charge in [0.2, 0.25) is 5.82 Å². The minimum absolute atomic E-state index is 0.519. The highest BCUT2D eigenvalue weighted by atomic mass is 79.9. The number of nitrogens with zero attached hydrogens (tertiary/aromatic N) is 8. The molecule has 0 unspecified atom stereocenters. The first-order valence-electron chi connectivity index (χ1n) is 11.0. The van der Waals surface area contributed by atoms with Crippen LogP contribution in [0.2, 0.25) is 0 Å². The lowest BCUT2D eigenvalue weighted by atomic mass is 10.1. The SMILES string of the molecule is CCCc1nc2cccnc2n1Cc1ccc2nn(-c3ccccc3-c3nn[nH]n3)c(Br)c2c1. The highest BCUT2D eigenvalue weighted by Crippen LogP contribution is 2.31. The lowest BCUT2D eigenvalue weighted by molar-refractivity contribution is 0.717. The summed E-state index contributed by atoms with van der Waals surface area (Å²) in [6.45, 7) is 2.86. The van der Waals surface area contributed by atoms with Crippen LogP contribution >= 0.6 is 15.9 Å². The van der Waals surface area contributed by atoms with Gasteiger partial charge in [0.15, 0.2) is 5.65 Å². The fraction of sp³-hybridized carbons (Fsp3) is 0.167. The molecular weight excluding hydrogens is 494 g/mol. The fourth-order valence-electron chi connectivity index (χ4n) is 4.25. The maximum atomic E-state index is 4.84. The van der Waals surface area contributed by atoms with Crippen molar-refractivity contribution in [3.05, 3.63) is 76.8 Å². The standard InChI is InChI=1S/C24H20BrN9/c1-2-6-21-27-19-8-5-12-26-24(19)33(21)14-15-10-11-18-17(13-15)22(25)34(30-18)20-9-4-3-7-16(20)23-28-31-32-29-23/h3-5,7-13H,2,6,14H2,1H3,(H,28,29,31,32). The van der Waals surface area contributed by atoms with E-state index in [2.05, 4.69) is 71.2 Å². The maximum Gasteiger partial charge on any atom is 0.206 e. The summed E-state index contributed by atoms with van der Waals surface area (Å²) < 4.78 is 4.95. The summed E-state index contributed by atoms with van der Waals surface area (Å²) in [6.07, 6.45) is 3.76. The summed E-state index contributed by atoms with van der Waals surface area (Å²) >= 11 is 3.78. The Hall–Kier alpha value is -3.92. The lowest BCUT2D eigenvalue weighted by Crippen LogP contribution is -2.05. The van der Waals surface area contributed by atoms with Gasteiger partial charge in [-0.05, 0) is 69.5 Å². The van der Waals surface area contributed by atoms with Crippen molar-refractivity contribution < 1.29 is 0 Å². The number of tetrazole rings is 1. The van der Waals surface area contributed by atoms with E-state index in [1.807, 2.05) is 47.3 Å². The molecular formula is C24H20BrN9. The number of aromatic nitrogens is 9. The Morgan fingerprint density at radius 2 is 1.94 bits per heavy atom. The molecule has 0 atom stereocenters. The van der Waals surface area contributed by atoms with Gasteiger partial charge in [-0.1, -0.05) is 25.1 Å². The van der Waals surface area contributed by atoms with Gasteiger partial charge in [0, 0.05) is 23.6 Å². The van der Waals surface area contributed by atoms with Gasteiger partial charge in [-0.15, -0.1) is 10.2 Å². The van der Waals surface area contributed by atoms with E-state index in [0.29, 0.717) is 12.4 Å². The minimum Gasteiger partial charge on any atom is -0.308 e. The van der Waals surface area contributed by atoms with Crippen LogP contribution in [0.1, 0.15) is 24.7 Å². The largest absolute Gasteiger partial charge is 0.308 e. The molecule has 168 valence electrons. The van der Waals surface area contributed by atoms with Crippen LogP contribution in [0.15, 0.2) is 65.4 Å². The third-order valence-corrected chi connectivity index (χ3v) is 6.56. The molecule has 4 heterocycles. The van der Waals surface area contributed by atoms with Crippen LogP contribution in [0.3, 0.4) is 0 Å². The maximum absolute atomic E-state index is 4.84. The summed E-state index contributed by atoms with van der Waals surface area (Å²) in [5, 5.41) is 20.4. The molecule has 0 amide bonds. The molecule has 0 saturated heterocycles. The number of nitrogens with one attached hydrogen (secondary N) is 1. The average Bonchev–Trinajstić information content (AvgIpc) is 3.59. The van der Waals surface area contributed by atoms with E-state index in [4.69, 9.17) is 10.1 Å². The molecule has 2 aromatic carbocycles. The second kappa shape index (κ2) is 8.45. The van der Waals surface area contributed by atoms with E-state index < -0.39 is 0 Å². The first-order chi connectivity index (χ1) is 16.7. The summed E-state index contributed by atoms with van der Waals surface area (Å²) in [4.78, 5) is 9.40. The molecule has 34 heavy (non-hydrogen) atoms. The number of rotatable bonds is 6. The topological polar surface area (TPSA) is 103 Å². The van der Waals surface area contributed by atoms with Gasteiger partial charge in [0.05, 0.1) is 17.7 Å². The van der Waals surface area contributed by atoms with E-state index in [0.717, 1.165) is 62.2 Å². The Morgan fingerprint density at radius 1 is 1.03 bits per heavy atom. The van der Waals surface area contributed by atoms with Gasteiger partial charge >= 0.3 is 0 Å². The zero-order valence-electron chi connectivity index (χ0n) is 18.4. The van der Waals surface area contributed by atoms with E-state index in [9.17, 15) is 0 Å². The third kappa shape index (κ3) is 3.47. The van der Waals surface area contributed by atoms with Gasteiger partial charge in [-0.3, -0.25) is 0 Å². The molecule has 9 nitrogen and oxygen atoms in total. The first-order valence-corrected chi connectivity index (χ1v) is 11.8. The number of fused-ring (bicyclic) bond motifs is 2. The molecule has 0 radical (unpaired) electrons. The molecule has 0 aliphatic heterocycles. The number of halogens is 1. The summed E-state index contributed by atoms with van der Waals surface area (Å²) in [5.41, 5.74) is 5.59. The molecule has 1 N–H and O–H groups in total. The number of H-pyrrole nitrogens is 1. The zero-order chi connectivity index (χ0) is 23.1. The van der Waals surface area contributed by atoms with Crippen molar-refractivity contribution in [1.29, 1.82) is 0 Å². The highest BCUT2D eigenvalue weighted by Gasteiger charge is 2.17. The summed E-state index contributed by atoms with van der Waals surface area (Å²) in [5.74, 6) is 1.57. The number of imidazole rings is 1. The number of aromatic amines is 1. The highest BCUT2D eigenvalue weighted by molar-refractivity contribution is 9.10. The average molecular weight is 514 g/mol. The van der Waals surface area contributed by atoms with Crippen LogP contribution in [-0.4, -0.2) is 44.9 Å². The van der Waals surface area contributed by atoms with Crippen LogP contribution < -0.4 is 0 Å². The molecule has 6 aromatic rings. The number of pyridine rings is 1. The number of aryl methyl sites for hydroxylation is 1. The molecule has 0 spiro atoms. The molecule has 0 fully saturated rings. The van der Waals surface area contributed by atoms with Crippen molar-refractivity contribution in [3.63, 3.8) is 0 Å². The van der Waals surface area contributed by atoms with Crippen molar-refractivity contribution in [2.24, 2.45) is 0 Å². The lowest BCUT2D eigenvalue weighted by Gasteiger charge is -2.09. The number of hydrogen-bond donors (Lipinski definition) is 1. The quantitative estimate of drug-likeness (QED) is 0.345. The van der Waals surface area contributed by atoms with E-state index in [1.54, 1.807) is 0 Å². The smallest absolute Gasteiger partial charge is 0.206 e. The zero-order valence-corrected chi connectivity index (χ0v) is 19.9. The van der Waals surface area contributed by atoms with Gasteiger partial charge in [0.25, 0.3) is 0 Å². The van der Waals surface area contributed by atoms with Crippen molar-refractivity contribution >= 4 is 38.0 Å². The number of benzene rings is 2. The fourth-order valence-corrected chi connectivity index (χ4v) is 4.84. The summed E-state index contributed by atoms with van der Waals surface area (Å²) in [6, 6.07) is 18.1. The second-order valence-corrected chi connectivity index (χ2v) is 8.77. The molecule has 4 aromatic heterocycles. The van der Waals surface area contributed by atoms with E-state index in [1.165, 1.54) is 0 Å². The normalized spacial score (nSPS) is 11.6. The van der Waals surface area contributed by atoms with Crippen LogP contribution in [0.25, 0.3) is 39.1 Å². The van der Waals surface area contributed by atoms with Gasteiger partial charge < -0.3 is 4.57 Å². The number of hydrogen-bond acceptors (Lipinski definition) is 6. The Balaban J connectivity index is 1.43. The Bertz CT molecular complexity index is 1610. The Morgan fingerprint density at radius 3 is 2.79 bits per heavy atom. The summed E-state index contributed by atoms with van der Waals surface area (Å²) in [7, 11) is 0. The van der Waals surface area contributed by atoms with Gasteiger partial charge in [-0.2, -0.15) is 10.3 Å². The first kappa shape index (κ1) is 20.7. The van der Waals surface area contributed by atoms with Crippen molar-refractivity contribution in [2.75, 3.05) is 0 Å². The monoisotopic (exact) mass is 513 g/mol. The Kier molecular flexibility index (Phi) is 5.14. The van der Waals surface area contributed by atoms with Crippen LogP contribution in [-0.2, 0) is 13.0 Å². The Labute approximate surface area is 203 Å². The number of para-hydroxylation sites is 1. The molecule has 0 bridgehead atoms. The van der Waals surface area contributed by atoms with Gasteiger partial charge in [0.1, 0.15) is 15.9 Å². The third-order valence-electron chi connectivity index (χ3n) is 5.79. The van der Waals surface area contributed by atoms with Crippen molar-refractivity contribution in [2.45, 2.75) is 26.3 Å². The molecule has 10 heteroatoms. The predicted molar refractivity (Wildman–Crippen MR) is 133 cm³/mol. The molecule has 0 saturated carbocycles. The van der Waals surface area contributed by atoms with Crippen LogP contribution in [0.4, 0.5) is 0 Å². The molecule has 0 aliphatic rings.